The van der Waals surface area contributed by atoms with E-state index in [0.29, 0.717) is 18.6 Å². The number of carbonyl (C=O) groups excluding carboxylic acids is 1. The fraction of sp³-hybridized carbons (Fsp3) is 0.708. The van der Waals surface area contributed by atoms with Crippen molar-refractivity contribution in [3.63, 3.8) is 0 Å². The number of carbonyl (C=O) groups is 1. The summed E-state index contributed by atoms with van der Waals surface area (Å²) < 4.78 is 23.3. The lowest BCUT2D eigenvalue weighted by atomic mass is 9.78. The normalized spacial score (nSPS) is 29.7. The maximum atomic E-state index is 13.3. The molecular weight excluding hydrogens is 396 g/mol. The summed E-state index contributed by atoms with van der Waals surface area (Å²) in [5, 5.41) is 3.55. The van der Waals surface area contributed by atoms with E-state index in [1.165, 1.54) is 11.1 Å². The van der Waals surface area contributed by atoms with Crippen LogP contribution in [0.15, 0.2) is 12.1 Å². The second-order valence-electron chi connectivity index (χ2n) is 9.26. The molecule has 0 aromatic heterocycles. The van der Waals surface area contributed by atoms with E-state index in [-0.39, 0.29) is 17.6 Å². The third-order valence-corrected chi connectivity index (χ3v) is 7.71. The van der Waals surface area contributed by atoms with Crippen LogP contribution in [0.3, 0.4) is 0 Å². The number of hydrogen-bond acceptors (Lipinski definition) is 6. The van der Waals surface area contributed by atoms with Crippen molar-refractivity contribution in [3.8, 4) is 11.5 Å². The molecule has 3 atom stereocenters. The summed E-state index contributed by atoms with van der Waals surface area (Å²) >= 11 is 0. The number of likely N-dealkylation sites (tertiary alicyclic amines) is 1. The highest BCUT2D eigenvalue weighted by Gasteiger charge is 2.44. The maximum absolute atomic E-state index is 13.3. The molecule has 7 nitrogen and oxygen atoms in total. The lowest BCUT2D eigenvalue weighted by Gasteiger charge is -2.46. The van der Waals surface area contributed by atoms with E-state index >= 15 is 0 Å². The smallest absolute Gasteiger partial charge is 0.225 e. The number of rotatable bonds is 3. The lowest BCUT2D eigenvalue weighted by molar-refractivity contribution is -0.147. The second kappa shape index (κ2) is 8.60. The number of amides is 1. The molecule has 1 spiro atoms. The fourth-order valence-electron chi connectivity index (χ4n) is 5.98. The van der Waals surface area contributed by atoms with Crippen LogP contribution in [0, 0.1) is 5.92 Å². The molecule has 0 unspecified atom stereocenters. The Labute approximate surface area is 184 Å². The predicted molar refractivity (Wildman–Crippen MR) is 116 cm³/mol. The Morgan fingerprint density at radius 1 is 1.13 bits per heavy atom. The number of nitrogens with one attached hydrogen (secondary N) is 1. The minimum absolute atomic E-state index is 0.105. The molecule has 4 aliphatic rings. The molecule has 1 aliphatic carbocycles. The van der Waals surface area contributed by atoms with Gasteiger partial charge in [0.1, 0.15) is 0 Å². The summed E-state index contributed by atoms with van der Waals surface area (Å²) in [7, 11) is 3.34. The molecule has 1 N–H and O–H groups in total. The zero-order chi connectivity index (χ0) is 21.4. The highest BCUT2D eigenvalue weighted by molar-refractivity contribution is 5.79. The zero-order valence-corrected chi connectivity index (χ0v) is 18.7. The van der Waals surface area contributed by atoms with Gasteiger partial charge in [-0.2, -0.15) is 0 Å². The minimum atomic E-state index is -0.333. The molecule has 3 fully saturated rings. The summed E-state index contributed by atoms with van der Waals surface area (Å²) in [5.41, 5.74) is 2.14. The van der Waals surface area contributed by atoms with Crippen LogP contribution in [0.25, 0.3) is 0 Å². The van der Waals surface area contributed by atoms with E-state index in [2.05, 4.69) is 22.3 Å². The molecule has 1 aromatic carbocycles. The Balaban J connectivity index is 1.28. The van der Waals surface area contributed by atoms with Gasteiger partial charge in [-0.25, -0.2) is 0 Å². The molecule has 3 aliphatic heterocycles. The van der Waals surface area contributed by atoms with E-state index < -0.39 is 0 Å². The average molecular weight is 431 g/mol. The van der Waals surface area contributed by atoms with E-state index in [9.17, 15) is 4.79 Å². The number of fused-ring (bicyclic) bond motifs is 3. The molecule has 3 heterocycles. The zero-order valence-electron chi connectivity index (χ0n) is 18.7. The van der Waals surface area contributed by atoms with Gasteiger partial charge in [0.25, 0.3) is 0 Å². The van der Waals surface area contributed by atoms with Gasteiger partial charge in [-0.3, -0.25) is 4.79 Å². The summed E-state index contributed by atoms with van der Waals surface area (Å²) in [5.74, 6) is 1.92. The summed E-state index contributed by atoms with van der Waals surface area (Å²) in [6.45, 7) is 3.85. The van der Waals surface area contributed by atoms with Gasteiger partial charge >= 0.3 is 0 Å². The number of nitrogens with zero attached hydrogens (tertiary/aromatic N) is 1. The summed E-state index contributed by atoms with van der Waals surface area (Å²) in [6, 6.07) is 4.50. The standard InChI is InChI=1S/C24H34N2O5/c1-28-21-14-16-5-11-31-24(18(16)15-22(21)29-2)6-9-26(10-7-24)23(27)17-3-4-20-19(13-17)25-8-12-30-20/h14-15,17,19-20,25H,3-13H2,1-2H3/t17-,19+,20+/m0/s1. The van der Waals surface area contributed by atoms with Crippen LogP contribution in [-0.4, -0.2) is 70.0 Å². The third kappa shape index (κ3) is 3.81. The molecule has 170 valence electrons. The second-order valence-corrected chi connectivity index (χ2v) is 9.26. The van der Waals surface area contributed by atoms with Crippen LogP contribution in [-0.2, 0) is 26.3 Å². The van der Waals surface area contributed by atoms with Crippen LogP contribution in [0.2, 0.25) is 0 Å². The van der Waals surface area contributed by atoms with Crippen LogP contribution in [0.4, 0.5) is 0 Å². The summed E-state index contributed by atoms with van der Waals surface area (Å²) in [4.78, 5) is 15.4. The van der Waals surface area contributed by atoms with Crippen molar-refractivity contribution in [1.82, 2.24) is 10.2 Å². The molecule has 7 heteroatoms. The van der Waals surface area contributed by atoms with Crippen molar-refractivity contribution in [2.45, 2.75) is 56.3 Å². The topological polar surface area (TPSA) is 69.3 Å². The number of morpholine rings is 1. The number of ether oxygens (including phenoxy) is 4. The third-order valence-electron chi connectivity index (χ3n) is 7.71. The lowest BCUT2D eigenvalue weighted by Crippen LogP contribution is -2.55. The molecule has 1 aromatic rings. The van der Waals surface area contributed by atoms with Gasteiger partial charge < -0.3 is 29.2 Å². The van der Waals surface area contributed by atoms with Crippen molar-refractivity contribution in [1.29, 1.82) is 0 Å². The average Bonchev–Trinajstić information content (AvgIpc) is 2.83. The first-order chi connectivity index (χ1) is 15.1. The minimum Gasteiger partial charge on any atom is -0.493 e. The van der Waals surface area contributed by atoms with Crippen LogP contribution in [0.5, 0.6) is 11.5 Å². The Morgan fingerprint density at radius 2 is 1.90 bits per heavy atom. The molecule has 31 heavy (non-hydrogen) atoms. The predicted octanol–water partition coefficient (Wildman–Crippen LogP) is 2.25. The largest absolute Gasteiger partial charge is 0.493 e. The molecule has 2 saturated heterocycles. The van der Waals surface area contributed by atoms with Gasteiger partial charge in [0, 0.05) is 31.6 Å². The highest BCUT2D eigenvalue weighted by atomic mass is 16.5. The van der Waals surface area contributed by atoms with Gasteiger partial charge in [-0.05, 0) is 61.8 Å². The van der Waals surface area contributed by atoms with Gasteiger partial charge in [0.15, 0.2) is 11.5 Å². The number of methoxy groups -OCH3 is 2. The van der Waals surface area contributed by atoms with E-state index in [4.69, 9.17) is 18.9 Å². The Morgan fingerprint density at radius 3 is 2.68 bits per heavy atom. The quantitative estimate of drug-likeness (QED) is 0.793. The van der Waals surface area contributed by atoms with Crippen molar-refractivity contribution in [3.05, 3.63) is 23.3 Å². The van der Waals surface area contributed by atoms with Crippen molar-refractivity contribution < 1.29 is 23.7 Å². The van der Waals surface area contributed by atoms with Crippen molar-refractivity contribution >= 4 is 5.91 Å². The van der Waals surface area contributed by atoms with Crippen molar-refractivity contribution in [2.75, 3.05) is 47.1 Å². The molecule has 0 radical (unpaired) electrons. The van der Waals surface area contributed by atoms with Crippen LogP contribution >= 0.6 is 0 Å². The Kier molecular flexibility index (Phi) is 5.84. The van der Waals surface area contributed by atoms with Gasteiger partial charge in [0.05, 0.1) is 39.1 Å². The molecule has 1 saturated carbocycles. The van der Waals surface area contributed by atoms with Crippen LogP contribution in [0.1, 0.15) is 43.2 Å². The van der Waals surface area contributed by atoms with Crippen molar-refractivity contribution in [2.24, 2.45) is 5.92 Å². The maximum Gasteiger partial charge on any atom is 0.225 e. The van der Waals surface area contributed by atoms with Gasteiger partial charge in [-0.15, -0.1) is 0 Å². The number of piperidine rings is 1. The summed E-state index contributed by atoms with van der Waals surface area (Å²) in [6.07, 6.45) is 5.59. The van der Waals surface area contributed by atoms with E-state index in [1.54, 1.807) is 14.2 Å². The fourth-order valence-corrected chi connectivity index (χ4v) is 5.98. The monoisotopic (exact) mass is 430 g/mol. The SMILES string of the molecule is COc1cc2c(cc1OC)C1(CCN(C(=O)[C@H]3CC[C@H]4OCCN[C@@H]4C3)CC1)OCC2. The highest BCUT2D eigenvalue weighted by Crippen LogP contribution is 2.45. The molecule has 1 amide bonds. The van der Waals surface area contributed by atoms with E-state index in [1.807, 2.05) is 0 Å². The van der Waals surface area contributed by atoms with E-state index in [0.717, 1.165) is 76.3 Å². The first-order valence-corrected chi connectivity index (χ1v) is 11.7. The number of benzene rings is 1. The Hall–Kier alpha value is -1.83. The Bertz CT molecular complexity index is 820. The molecular formula is C24H34N2O5. The first-order valence-electron chi connectivity index (χ1n) is 11.7. The molecule has 5 rings (SSSR count). The van der Waals surface area contributed by atoms with Crippen LogP contribution < -0.4 is 14.8 Å². The first kappa shape index (κ1) is 21.0. The van der Waals surface area contributed by atoms with Gasteiger partial charge in [-0.1, -0.05) is 0 Å². The van der Waals surface area contributed by atoms with Gasteiger partial charge in [0.2, 0.25) is 5.91 Å². The number of hydrogen-bond donors (Lipinski definition) is 1. The molecule has 0 bridgehead atoms.